The van der Waals surface area contributed by atoms with Crippen LogP contribution in [0.25, 0.3) is 11.0 Å². The Morgan fingerprint density at radius 2 is 1.93 bits per heavy atom. The molecule has 2 aromatic rings. The summed E-state index contributed by atoms with van der Waals surface area (Å²) in [5.74, 6) is -0.0995. The molecular weight excluding hydrogens is 176 g/mol. The van der Waals surface area contributed by atoms with E-state index in [1.54, 1.807) is 30.6 Å². The lowest BCUT2D eigenvalue weighted by molar-refractivity contribution is 0.104. The molecule has 0 unspecified atom stereocenters. The highest BCUT2D eigenvalue weighted by molar-refractivity contribution is 6.05. The third-order valence-electron chi connectivity index (χ3n) is 1.94. The Labute approximate surface area is 81.1 Å². The highest BCUT2D eigenvalue weighted by Gasteiger charge is 2.02. The molecule has 3 heteroatoms. The van der Waals surface area contributed by atoms with Gasteiger partial charge in [-0.25, -0.2) is 0 Å². The van der Waals surface area contributed by atoms with E-state index >= 15 is 0 Å². The predicted octanol–water partition coefficient (Wildman–Crippen LogP) is 2.00. The molecule has 1 aromatic carbocycles. The van der Waals surface area contributed by atoms with Crippen molar-refractivity contribution in [2.45, 2.75) is 0 Å². The van der Waals surface area contributed by atoms with Gasteiger partial charge < -0.3 is 0 Å². The van der Waals surface area contributed by atoms with Gasteiger partial charge in [0.2, 0.25) is 0 Å². The molecule has 0 N–H and O–H groups in total. The Morgan fingerprint density at radius 1 is 1.21 bits per heavy atom. The third-order valence-corrected chi connectivity index (χ3v) is 1.94. The number of aromatic nitrogens is 2. The van der Waals surface area contributed by atoms with Gasteiger partial charge in [0.25, 0.3) is 0 Å². The number of carbonyl (C=O) groups is 1. The Bertz CT molecular complexity index is 505. The van der Waals surface area contributed by atoms with Crippen LogP contribution < -0.4 is 0 Å². The standard InChI is InChI=1S/C11H8N2O/c1-2-11(14)8-3-4-9-10(7-8)13-6-5-12-9/h2-7H,1H2. The Morgan fingerprint density at radius 3 is 2.64 bits per heavy atom. The summed E-state index contributed by atoms with van der Waals surface area (Å²) in [6.07, 6.45) is 4.51. The zero-order valence-electron chi connectivity index (χ0n) is 7.47. The van der Waals surface area contributed by atoms with Crippen LogP contribution in [0.5, 0.6) is 0 Å². The fourth-order valence-corrected chi connectivity index (χ4v) is 1.23. The smallest absolute Gasteiger partial charge is 0.185 e. The monoisotopic (exact) mass is 184 g/mol. The van der Waals surface area contributed by atoms with Gasteiger partial charge in [-0.3, -0.25) is 14.8 Å². The highest BCUT2D eigenvalue weighted by atomic mass is 16.1. The molecule has 0 aliphatic rings. The maximum atomic E-state index is 11.3. The van der Waals surface area contributed by atoms with E-state index in [1.807, 2.05) is 0 Å². The second-order valence-electron chi connectivity index (χ2n) is 2.83. The van der Waals surface area contributed by atoms with Crippen LogP contribution in [0, 0.1) is 0 Å². The first-order valence-electron chi connectivity index (χ1n) is 4.19. The van der Waals surface area contributed by atoms with E-state index in [1.165, 1.54) is 6.08 Å². The van der Waals surface area contributed by atoms with Crippen molar-refractivity contribution in [1.82, 2.24) is 9.97 Å². The number of hydrogen-bond donors (Lipinski definition) is 0. The fourth-order valence-electron chi connectivity index (χ4n) is 1.23. The fraction of sp³-hybridized carbons (Fsp3) is 0. The van der Waals surface area contributed by atoms with Crippen LogP contribution in [-0.4, -0.2) is 15.8 Å². The normalized spacial score (nSPS) is 10.0. The van der Waals surface area contributed by atoms with Gasteiger partial charge in [-0.05, 0) is 24.3 Å². The van der Waals surface area contributed by atoms with E-state index < -0.39 is 0 Å². The molecule has 0 saturated carbocycles. The summed E-state index contributed by atoms with van der Waals surface area (Å²) in [6.45, 7) is 3.43. The number of ketones is 1. The molecule has 2 rings (SSSR count). The van der Waals surface area contributed by atoms with Crippen molar-refractivity contribution in [3.05, 3.63) is 48.8 Å². The van der Waals surface area contributed by atoms with Gasteiger partial charge in [-0.15, -0.1) is 0 Å². The summed E-state index contributed by atoms with van der Waals surface area (Å²) in [5, 5.41) is 0. The van der Waals surface area contributed by atoms with Gasteiger partial charge in [0.15, 0.2) is 5.78 Å². The molecule has 0 aliphatic carbocycles. The van der Waals surface area contributed by atoms with E-state index in [0.717, 1.165) is 11.0 Å². The van der Waals surface area contributed by atoms with Gasteiger partial charge in [0.05, 0.1) is 11.0 Å². The molecule has 0 bridgehead atoms. The average Bonchev–Trinajstić information content (AvgIpc) is 2.27. The zero-order chi connectivity index (χ0) is 9.97. The molecule has 0 spiro atoms. The first-order valence-corrected chi connectivity index (χ1v) is 4.19. The molecule has 68 valence electrons. The van der Waals surface area contributed by atoms with Crippen LogP contribution in [0.1, 0.15) is 10.4 Å². The number of hydrogen-bond acceptors (Lipinski definition) is 3. The van der Waals surface area contributed by atoms with Gasteiger partial charge in [-0.1, -0.05) is 6.58 Å². The number of benzene rings is 1. The number of nitrogens with zero attached hydrogens (tertiary/aromatic N) is 2. The minimum absolute atomic E-state index is 0.0995. The van der Waals surface area contributed by atoms with Crippen molar-refractivity contribution >= 4 is 16.8 Å². The van der Waals surface area contributed by atoms with Crippen LogP contribution >= 0.6 is 0 Å². The first kappa shape index (κ1) is 8.56. The first-order chi connectivity index (χ1) is 6.81. The molecule has 1 aromatic heterocycles. The Kier molecular flexibility index (Phi) is 2.07. The maximum Gasteiger partial charge on any atom is 0.185 e. The van der Waals surface area contributed by atoms with Crippen molar-refractivity contribution in [1.29, 1.82) is 0 Å². The van der Waals surface area contributed by atoms with Crippen LogP contribution in [-0.2, 0) is 0 Å². The molecule has 3 nitrogen and oxygen atoms in total. The molecule has 14 heavy (non-hydrogen) atoms. The van der Waals surface area contributed by atoms with Crippen LogP contribution in [0.3, 0.4) is 0 Å². The molecule has 1 heterocycles. The molecule has 0 saturated heterocycles. The molecule has 0 amide bonds. The largest absolute Gasteiger partial charge is 0.289 e. The maximum absolute atomic E-state index is 11.3. The minimum Gasteiger partial charge on any atom is -0.289 e. The highest BCUT2D eigenvalue weighted by Crippen LogP contribution is 2.11. The molecule has 0 atom stereocenters. The van der Waals surface area contributed by atoms with Crippen molar-refractivity contribution in [2.24, 2.45) is 0 Å². The quantitative estimate of drug-likeness (QED) is 0.529. The summed E-state index contributed by atoms with van der Waals surface area (Å²) in [6, 6.07) is 5.21. The molecule has 0 aliphatic heterocycles. The van der Waals surface area contributed by atoms with Crippen LogP contribution in [0.4, 0.5) is 0 Å². The third kappa shape index (κ3) is 1.40. The van der Waals surface area contributed by atoms with Gasteiger partial charge in [0, 0.05) is 18.0 Å². The summed E-state index contributed by atoms with van der Waals surface area (Å²) in [4.78, 5) is 19.5. The van der Waals surface area contributed by atoms with Crippen molar-refractivity contribution in [3.63, 3.8) is 0 Å². The number of rotatable bonds is 2. The second kappa shape index (κ2) is 3.38. The minimum atomic E-state index is -0.0995. The van der Waals surface area contributed by atoms with E-state index in [4.69, 9.17) is 0 Å². The Balaban J connectivity index is 2.62. The van der Waals surface area contributed by atoms with Crippen LogP contribution in [0.2, 0.25) is 0 Å². The van der Waals surface area contributed by atoms with Crippen LogP contribution in [0.15, 0.2) is 43.2 Å². The van der Waals surface area contributed by atoms with E-state index in [-0.39, 0.29) is 5.78 Å². The van der Waals surface area contributed by atoms with Gasteiger partial charge in [0.1, 0.15) is 0 Å². The van der Waals surface area contributed by atoms with Crippen molar-refractivity contribution < 1.29 is 4.79 Å². The summed E-state index contributed by atoms with van der Waals surface area (Å²) in [7, 11) is 0. The van der Waals surface area contributed by atoms with Crippen molar-refractivity contribution in [2.75, 3.05) is 0 Å². The Hall–Kier alpha value is -2.03. The lowest BCUT2D eigenvalue weighted by Gasteiger charge is -1.97. The number of fused-ring (bicyclic) bond motifs is 1. The van der Waals surface area contributed by atoms with E-state index in [2.05, 4.69) is 16.5 Å². The van der Waals surface area contributed by atoms with Crippen molar-refractivity contribution in [3.8, 4) is 0 Å². The summed E-state index contributed by atoms with van der Waals surface area (Å²) in [5.41, 5.74) is 2.10. The molecule has 0 radical (unpaired) electrons. The SMILES string of the molecule is C=CC(=O)c1ccc2nccnc2c1. The summed E-state index contributed by atoms with van der Waals surface area (Å²) >= 11 is 0. The molecule has 0 fully saturated rings. The predicted molar refractivity (Wildman–Crippen MR) is 54.1 cm³/mol. The van der Waals surface area contributed by atoms with Gasteiger partial charge >= 0.3 is 0 Å². The average molecular weight is 184 g/mol. The lowest BCUT2D eigenvalue weighted by Crippen LogP contribution is -1.94. The topological polar surface area (TPSA) is 42.9 Å². The van der Waals surface area contributed by atoms with E-state index in [0.29, 0.717) is 5.56 Å². The molecular formula is C11H8N2O. The summed E-state index contributed by atoms with van der Waals surface area (Å²) < 4.78 is 0. The zero-order valence-corrected chi connectivity index (χ0v) is 7.47. The number of allylic oxidation sites excluding steroid dienone is 1. The second-order valence-corrected chi connectivity index (χ2v) is 2.83. The lowest BCUT2D eigenvalue weighted by atomic mass is 10.1. The van der Waals surface area contributed by atoms with E-state index in [9.17, 15) is 4.79 Å². The number of carbonyl (C=O) groups excluding carboxylic acids is 1. The van der Waals surface area contributed by atoms with Gasteiger partial charge in [-0.2, -0.15) is 0 Å².